The van der Waals surface area contributed by atoms with Crippen molar-refractivity contribution < 1.29 is 115 Å². The zero-order valence-corrected chi connectivity index (χ0v) is 96.2. The lowest BCUT2D eigenvalue weighted by Gasteiger charge is -2.26. The minimum atomic E-state index is -0.873. The van der Waals surface area contributed by atoms with E-state index in [1.807, 2.05) is 185 Å². The van der Waals surface area contributed by atoms with Crippen LogP contribution in [0.4, 0.5) is 22.7 Å². The smallest absolute Gasteiger partial charge is 0.373 e. The van der Waals surface area contributed by atoms with E-state index in [9.17, 15) is 67.1 Å². The van der Waals surface area contributed by atoms with Gasteiger partial charge in [0.2, 0.25) is 0 Å². The molecule has 146 heavy (non-hydrogen) atoms. The third kappa shape index (κ3) is 90.2. The summed E-state index contributed by atoms with van der Waals surface area (Å²) in [5, 5.41) is 34.4. The number of Topliss-reactive ketones (excluding diaryl/α,β-unsaturated/α-hetero) is 2. The highest BCUT2D eigenvalue weighted by molar-refractivity contribution is 14.1. The Morgan fingerprint density at radius 1 is 0.445 bits per heavy atom. The molecule has 0 aliphatic carbocycles. The molecule has 14 N–H and O–H groups in total. The van der Waals surface area contributed by atoms with Crippen LogP contribution in [0.1, 0.15) is 223 Å². The Labute approximate surface area is 923 Å². The number of carbonyl (C=O) groups excluding carboxylic acids is 16. The van der Waals surface area contributed by atoms with Gasteiger partial charge in [-0.1, -0.05) is 75.1 Å². The van der Waals surface area contributed by atoms with Gasteiger partial charge < -0.3 is 126 Å². The number of aryl methyl sites for hydroxylation is 4. The van der Waals surface area contributed by atoms with Crippen molar-refractivity contribution in [1.82, 2.24) is 31.4 Å². The number of halogens is 7. The predicted molar refractivity (Wildman–Crippen MR) is 609 cm³/mol. The van der Waals surface area contributed by atoms with Gasteiger partial charge in [-0.25, -0.2) is 0 Å². The number of nitrogens with two attached hydrogens (primary N) is 3. The Balaban J connectivity index is -0.000000304. The number of nitrogen functional groups attached to an aromatic ring is 2. The van der Waals surface area contributed by atoms with E-state index >= 15 is 0 Å². The van der Waals surface area contributed by atoms with Crippen LogP contribution in [0, 0.1) is 36.7 Å². The maximum Gasteiger partial charge on any atom is 0.373 e. The van der Waals surface area contributed by atoms with Crippen LogP contribution in [-0.4, -0.2) is 289 Å². The molecule has 0 bridgehead atoms. The van der Waals surface area contributed by atoms with Crippen molar-refractivity contribution in [2.45, 2.75) is 295 Å². The van der Waals surface area contributed by atoms with Gasteiger partial charge in [-0.3, -0.25) is 38.4 Å². The Morgan fingerprint density at radius 3 is 1.06 bits per heavy atom. The van der Waals surface area contributed by atoms with E-state index in [1.165, 1.54) is 53.1 Å². The molecule has 0 unspecified atom stereocenters. The summed E-state index contributed by atoms with van der Waals surface area (Å²) in [6, 6.07) is 21.9. The average Bonchev–Trinajstić information content (AvgIpc) is 0.839. The number of esters is 5. The summed E-state index contributed by atoms with van der Waals surface area (Å²) in [7, 11) is 7.46. The first-order valence-electron chi connectivity index (χ1n) is 46.1. The van der Waals surface area contributed by atoms with Gasteiger partial charge in [-0.2, -0.15) is 9.59 Å². The molecular formula is C98H156B6Cl5I2N11O24. The summed E-state index contributed by atoms with van der Waals surface area (Å²) in [4.78, 5) is 182. The number of ether oxygens (including phenoxy) is 5. The van der Waals surface area contributed by atoms with Crippen molar-refractivity contribution >= 4 is 267 Å². The number of anilines is 4. The van der Waals surface area contributed by atoms with Crippen LogP contribution >= 0.6 is 103 Å². The van der Waals surface area contributed by atoms with Crippen LogP contribution in [0.15, 0.2) is 72.8 Å². The molecule has 814 valence electrons. The molecule has 0 spiro atoms. The number of nitrogens with zero attached hydrogens (tertiary/aromatic N) is 2. The van der Waals surface area contributed by atoms with E-state index in [-0.39, 0.29) is 137 Å². The van der Waals surface area contributed by atoms with Crippen LogP contribution in [-0.2, 0) is 124 Å². The second kappa shape index (κ2) is 86.9. The highest BCUT2D eigenvalue weighted by Crippen LogP contribution is 2.26. The minimum Gasteiger partial charge on any atom is -0.481 e. The summed E-state index contributed by atoms with van der Waals surface area (Å²) in [6.45, 7) is 45.2. The number of carboxylic acid groups (broad SMARTS) is 1. The van der Waals surface area contributed by atoms with E-state index in [0.29, 0.717) is 112 Å². The highest BCUT2D eigenvalue weighted by atomic mass is 127. The van der Waals surface area contributed by atoms with Gasteiger partial charge in [-0.15, -0.1) is 58.0 Å². The zero-order valence-electron chi connectivity index (χ0n) is 88.1. The van der Waals surface area contributed by atoms with E-state index in [4.69, 9.17) is 123 Å². The van der Waals surface area contributed by atoms with Crippen LogP contribution in [0.3, 0.4) is 0 Å². The number of aliphatic carboxylic acids is 1. The van der Waals surface area contributed by atoms with Crippen LogP contribution in [0.25, 0.3) is 0 Å². The van der Waals surface area contributed by atoms with E-state index < -0.39 is 51.4 Å². The number of carboxylic acids is 1. The monoisotopic (exact) mass is 2370 g/mol. The molecule has 4 aromatic carbocycles. The molecule has 0 aliphatic rings. The van der Waals surface area contributed by atoms with Gasteiger partial charge in [0.1, 0.15) is 45.9 Å². The molecular weight excluding hydrogens is 2210 g/mol. The fourth-order valence-electron chi connectivity index (χ4n) is 11.3. The van der Waals surface area contributed by atoms with Gasteiger partial charge in [0, 0.05) is 122 Å². The van der Waals surface area contributed by atoms with E-state index in [0.717, 1.165) is 75.4 Å². The number of hydrogen-bond donors (Lipinski definition) is 11. The molecule has 0 fully saturated rings. The van der Waals surface area contributed by atoms with Crippen LogP contribution < -0.4 is 58.4 Å². The number of nitrogens with one attached hydrogen (secondary N) is 6. The van der Waals surface area contributed by atoms with Gasteiger partial charge >= 0.3 is 42.0 Å². The van der Waals surface area contributed by atoms with Gasteiger partial charge in [-0.05, 0) is 274 Å². The Hall–Kier alpha value is -7.71. The third-order valence-electron chi connectivity index (χ3n) is 17.8. The van der Waals surface area contributed by atoms with E-state index in [2.05, 4.69) is 105 Å². The van der Waals surface area contributed by atoms with Crippen LogP contribution in [0.5, 0.6) is 0 Å². The Kier molecular flexibility index (Phi) is 90.0. The number of aliphatic hydroxyl groups is 1. The molecule has 0 amide bonds. The molecule has 4 aromatic rings. The second-order valence-electron chi connectivity index (χ2n) is 37.8. The largest absolute Gasteiger partial charge is 0.481 e. The Morgan fingerprint density at radius 2 is 0.753 bits per heavy atom. The number of benzene rings is 4. The van der Waals surface area contributed by atoms with Gasteiger partial charge in [0.05, 0.1) is 94.2 Å². The van der Waals surface area contributed by atoms with Crippen molar-refractivity contribution in [2.24, 2.45) is 11.1 Å². The normalized spacial score (nSPS) is 11.8. The lowest BCUT2D eigenvalue weighted by atomic mass is 9.86. The third-order valence-corrected chi connectivity index (χ3v) is 20.8. The maximum atomic E-state index is 12.3. The summed E-state index contributed by atoms with van der Waals surface area (Å²) in [5.41, 5.74) is 25.7. The molecule has 0 heterocycles. The lowest BCUT2D eigenvalue weighted by molar-refractivity contribution is -0.192. The first kappa shape index (κ1) is 151. The first-order chi connectivity index (χ1) is 67.4. The van der Waals surface area contributed by atoms with Crippen LogP contribution in [0.2, 0.25) is 0 Å². The number of alkyl halides is 6. The fraction of sp³-hybridized carbons (Fsp3) is 0.592. The number of carbonyl (C=O) groups is 15. The maximum absolute atomic E-state index is 12.3. The molecule has 0 saturated heterocycles. The summed E-state index contributed by atoms with van der Waals surface area (Å²) < 4.78 is 28.0. The number of rotatable bonds is 52. The zero-order chi connectivity index (χ0) is 113. The number of ketones is 2. The number of aliphatic hydroxyl groups excluding tert-OH is 1. The molecule has 0 aliphatic heterocycles. The Bertz CT molecular complexity index is 4450. The lowest BCUT2D eigenvalue weighted by Crippen LogP contribution is -2.41. The van der Waals surface area contributed by atoms with Gasteiger partial charge in [0.25, 0.3) is 44.5 Å². The van der Waals surface area contributed by atoms with Crippen molar-refractivity contribution in [2.75, 3.05) is 94.4 Å². The molecule has 48 heteroatoms. The van der Waals surface area contributed by atoms with E-state index in [1.54, 1.807) is 20.8 Å². The molecule has 0 aromatic heterocycles. The second-order valence-corrected chi connectivity index (χ2v) is 41.7. The molecule has 0 saturated carbocycles. The fourth-order valence-corrected chi connectivity index (χ4v) is 13.3. The number of hydrogen-bond acceptors (Lipinski definition) is 34. The minimum absolute atomic E-state index is 0. The SMILES string of the molecule is C.CC(=O)[C@H](CC(=O)OC(C)(C)C)N[B]C=O.CC(C)(C)C(=O)C[C@@H](CO)N[B]C=O.CC(C)(C)OC(=O)CCN[B]C=O.CC(C)(C)OC(=O)C[C@@H](CI)N[B]C=O.Cc1ccc(N(CCCl)CCCl)cc1C[C@@H](N)CC(=O)O.Cc1ccc(N(CCCl)CCCl)cc1C[C@H](CC(=O)OC(C)(C)C)N[B]C=O.Cc1ccc(N)cc1C[C@H](CC(=O)OC(C)(C)C)N[B]C=O.Cc1ccc(N)cc1I.O=C=O.O=CCCl. The molecule has 4 rings (SSSR count). The standard InChI is InChI=1S/C20H30BCl2N2O3.C16H24BN2O3.C15H22Cl2N2O2.C10H17BNO4.C9H16BINO3.C9H17BNO3.C8H15BNO3.C7H8IN.C2H3ClO.CO2.CH4/c1-15-5-6-18(25(9-7-22)10-8-23)12-16(15)11-17(24-21-14-26)13-19(27)28-20(2,3)4;1-11-5-6-13(18)7-12(11)8-14(19-17-10-20)9-15(21)22-16(2,3)4;1-11-2-3-14(19(6-4-16)7-5-17)9-12(11)8-13(18)10-15(20)21;1-7(14)8(12-11-6-13)5-9(15)16-10(2,3)4;1-9(2,3)15-8(14)4-7(5-11)12-10-6-13;1-9(2,3)8(14)4-7(5-12)11-10-6-13;1-8(2,3)13-7(12)4-5-10-9-6-11;1-5-2-3-6(9)4-7(5)8;3-1-2-4;2-1-3;/h5-6,12,14,17,24H,7-11,13H2,1-4H3;5-7,10,14,19H,8-9,18H2,1-4H3;2-3,9,13H,4-8,10,18H2,1H3,(H,20,21);6,8,12H,5H2,1-4H3;6-7,12H,4-5H2,1-3H3;6-7,11-12H,4-5H2,1-3H3;6,10H,4-5H2,1-3H3;2-4H,9H2,1H3;2H,1H2;;1H4/t17-;14-;13-;8-;2*7-;;;;;/m111000...../s1. The average molecular weight is 2370 g/mol. The van der Waals surface area contributed by atoms with Crippen molar-refractivity contribution in [1.29, 1.82) is 0 Å². The quantitative estimate of drug-likeness (QED) is 0.00286. The van der Waals surface area contributed by atoms with Crippen molar-refractivity contribution in [3.8, 4) is 0 Å². The summed E-state index contributed by atoms with van der Waals surface area (Å²) >= 11 is 32.7. The molecule has 6 radical (unpaired) electrons. The summed E-state index contributed by atoms with van der Waals surface area (Å²) in [6.07, 6.45) is 7.32. The topological polar surface area (TPSA) is 534 Å². The summed E-state index contributed by atoms with van der Waals surface area (Å²) in [5.74, 6) is -0.440. The predicted octanol–water partition coefficient (Wildman–Crippen LogP) is 11.1. The van der Waals surface area contributed by atoms with Crippen molar-refractivity contribution in [3.63, 3.8) is 0 Å². The van der Waals surface area contributed by atoms with Crippen molar-refractivity contribution in [3.05, 3.63) is 115 Å². The highest BCUT2D eigenvalue weighted by Gasteiger charge is 2.29. The molecule has 6 atom stereocenters. The van der Waals surface area contributed by atoms with Gasteiger partial charge in [0.15, 0.2) is 0 Å². The first-order valence-corrected chi connectivity index (χ1v) is 51.4. The number of aldehydes is 1. The molecule has 35 nitrogen and oxygen atoms in total.